The molecule has 3 aromatic carbocycles. The molecule has 67 heavy (non-hydrogen) atoms. The van der Waals surface area contributed by atoms with Gasteiger partial charge >= 0.3 is 17.9 Å². The van der Waals surface area contributed by atoms with E-state index in [0.29, 0.717) is 67.5 Å². The molecule has 13 heteroatoms. The van der Waals surface area contributed by atoms with Gasteiger partial charge in [-0.25, -0.2) is 4.79 Å². The second-order valence-electron chi connectivity index (χ2n) is 21.1. The van der Waals surface area contributed by atoms with E-state index in [1.807, 2.05) is 50.1 Å². The second kappa shape index (κ2) is 15.9. The number of hydrogen-bond donors (Lipinski definition) is 3. The number of benzene rings is 3. The zero-order valence-corrected chi connectivity index (χ0v) is 40.3. The fraction of sp³-hybridized carbons (Fsp3) is 0.537. The van der Waals surface area contributed by atoms with Gasteiger partial charge in [-0.15, -0.1) is 0 Å². The third kappa shape index (κ3) is 6.22. The van der Waals surface area contributed by atoms with Crippen molar-refractivity contribution in [2.24, 2.45) is 11.3 Å². The number of aromatic nitrogens is 1. The minimum absolute atomic E-state index is 0.0651. The molecule has 2 saturated heterocycles. The van der Waals surface area contributed by atoms with Crippen LogP contribution in [0.2, 0.25) is 0 Å². The molecule has 1 aromatic heterocycles. The number of ether oxygens (including phenoxy) is 4. The van der Waals surface area contributed by atoms with Crippen molar-refractivity contribution in [2.45, 2.75) is 112 Å². The summed E-state index contributed by atoms with van der Waals surface area (Å²) < 4.78 is 25.0. The molecule has 6 heterocycles. The normalized spacial score (nSPS) is 35.7. The molecule has 1 aliphatic carbocycles. The van der Waals surface area contributed by atoms with Gasteiger partial charge in [0.25, 0.3) is 0 Å². The number of carbonyl (C=O) groups is 3. The Bertz CT molecular complexity index is 2660. The average Bonchev–Trinajstić information content (AvgIpc) is 3.97. The Hall–Kier alpha value is -5.21. The summed E-state index contributed by atoms with van der Waals surface area (Å²) in [5.74, 6) is -1.65. The number of fused-ring (bicyclic) bond motifs is 6. The van der Waals surface area contributed by atoms with Gasteiger partial charge in [-0.1, -0.05) is 67.6 Å². The van der Waals surface area contributed by atoms with Crippen LogP contribution in [0.15, 0.2) is 78.9 Å². The van der Waals surface area contributed by atoms with Gasteiger partial charge in [0.15, 0.2) is 6.10 Å². The van der Waals surface area contributed by atoms with Crippen molar-refractivity contribution < 1.29 is 48.0 Å². The Labute approximate surface area is 393 Å². The largest absolute Gasteiger partial charge is 0.496 e. The number of rotatable bonds is 8. The minimum atomic E-state index is -2.32. The van der Waals surface area contributed by atoms with Crippen LogP contribution >= 0.6 is 0 Å². The fourth-order valence-corrected chi connectivity index (χ4v) is 15.6. The van der Waals surface area contributed by atoms with Crippen LogP contribution in [-0.4, -0.2) is 133 Å². The fourth-order valence-electron chi connectivity index (χ4n) is 15.6. The van der Waals surface area contributed by atoms with Crippen LogP contribution in [0, 0.1) is 11.3 Å². The third-order valence-electron chi connectivity index (χ3n) is 17.7. The van der Waals surface area contributed by atoms with E-state index in [2.05, 4.69) is 71.4 Å². The van der Waals surface area contributed by atoms with Crippen molar-refractivity contribution >= 4 is 34.5 Å². The van der Waals surface area contributed by atoms with Crippen molar-refractivity contribution in [3.8, 4) is 5.75 Å². The number of likely N-dealkylation sites (N-methyl/N-ethyl adjacent to an activating group) is 1. The third-order valence-corrected chi connectivity index (χ3v) is 17.7. The molecule has 4 aromatic rings. The Morgan fingerprint density at radius 2 is 1.69 bits per heavy atom. The van der Waals surface area contributed by atoms with E-state index >= 15 is 4.79 Å². The first-order valence-corrected chi connectivity index (χ1v) is 24.2. The molecule has 356 valence electrons. The van der Waals surface area contributed by atoms with E-state index in [9.17, 15) is 19.8 Å². The van der Waals surface area contributed by atoms with Crippen LogP contribution in [0.4, 0.5) is 5.69 Å². The van der Waals surface area contributed by atoms with E-state index in [4.69, 9.17) is 18.9 Å². The summed E-state index contributed by atoms with van der Waals surface area (Å²) in [7, 11) is 6.21. The average molecular weight is 916 g/mol. The molecule has 2 bridgehead atoms. The van der Waals surface area contributed by atoms with Gasteiger partial charge in [-0.3, -0.25) is 14.5 Å². The lowest BCUT2D eigenvalue weighted by molar-refractivity contribution is -0.968. The number of esters is 3. The molecule has 1 spiro atoms. The zero-order chi connectivity index (χ0) is 47.5. The van der Waals surface area contributed by atoms with Gasteiger partial charge in [-0.2, -0.15) is 0 Å². The summed E-state index contributed by atoms with van der Waals surface area (Å²) in [6.07, 6.45) is 6.10. The highest BCUT2D eigenvalue weighted by Crippen LogP contribution is 2.68. The molecule has 5 aliphatic heterocycles. The first-order chi connectivity index (χ1) is 32.0. The van der Waals surface area contributed by atoms with Gasteiger partial charge in [-0.05, 0) is 75.8 Å². The van der Waals surface area contributed by atoms with Crippen molar-refractivity contribution in [1.82, 2.24) is 9.88 Å². The second-order valence-corrected chi connectivity index (χ2v) is 21.1. The SMILES string of the molecule is CC[C@]12C=CCN3CC[C@@]4(c5cc([C@@]6(C(=O)OC)C[C@H]7C[C@](C)(O)C[N+](C(C)c8ccccc8)(CCCc8c6[nH]c6ccccc86)C7)c(OC)cc5N(C)[C@H]4[C@@](O)(C(=O)OC)[C@@H]1OC(C)=O)[C@@H]32. The van der Waals surface area contributed by atoms with E-state index in [-0.39, 0.29) is 18.0 Å². The summed E-state index contributed by atoms with van der Waals surface area (Å²) in [6.45, 7) is 11.0. The van der Waals surface area contributed by atoms with E-state index in [1.165, 1.54) is 26.7 Å². The molecule has 0 amide bonds. The number of aromatic amines is 1. The first-order valence-electron chi connectivity index (χ1n) is 24.2. The number of nitrogens with zero attached hydrogens (tertiary/aromatic N) is 3. The predicted octanol–water partition coefficient (Wildman–Crippen LogP) is 6.27. The quantitative estimate of drug-likeness (QED) is 0.0795. The Balaban J connectivity index is 1.26. The molecular formula is C54H67N4O9+. The first kappa shape index (κ1) is 45.6. The molecule has 0 radical (unpaired) electrons. The Morgan fingerprint density at radius 1 is 0.955 bits per heavy atom. The monoisotopic (exact) mass is 915 g/mol. The highest BCUT2D eigenvalue weighted by molar-refractivity contribution is 5.95. The molecule has 2 unspecified atom stereocenters. The van der Waals surface area contributed by atoms with Crippen molar-refractivity contribution in [3.63, 3.8) is 0 Å². The molecule has 1 saturated carbocycles. The number of para-hydroxylation sites is 1. The summed E-state index contributed by atoms with van der Waals surface area (Å²) in [5.41, 5.74) is -0.647. The van der Waals surface area contributed by atoms with Crippen LogP contribution in [0.1, 0.15) is 93.8 Å². The van der Waals surface area contributed by atoms with E-state index < -0.39 is 57.5 Å². The lowest BCUT2D eigenvalue weighted by Crippen LogP contribution is -2.81. The molecular weight excluding hydrogens is 849 g/mol. The summed E-state index contributed by atoms with van der Waals surface area (Å²) in [4.78, 5) is 51.7. The number of piperidine rings is 1. The number of nitrogens with one attached hydrogen (secondary N) is 1. The minimum Gasteiger partial charge on any atom is -0.496 e. The van der Waals surface area contributed by atoms with E-state index in [1.54, 1.807) is 7.11 Å². The van der Waals surface area contributed by atoms with Crippen molar-refractivity contribution in [3.05, 3.63) is 107 Å². The number of carbonyl (C=O) groups excluding carboxylic acids is 3. The van der Waals surface area contributed by atoms with Crippen molar-refractivity contribution in [2.75, 3.05) is 66.0 Å². The number of quaternary nitrogens is 1. The number of aryl methyl sites for hydroxylation is 1. The highest BCUT2D eigenvalue weighted by Gasteiger charge is 2.80. The summed E-state index contributed by atoms with van der Waals surface area (Å²) >= 11 is 0. The van der Waals surface area contributed by atoms with Gasteiger partial charge in [0.1, 0.15) is 29.4 Å². The van der Waals surface area contributed by atoms with Crippen molar-refractivity contribution in [1.29, 1.82) is 0 Å². The Kier molecular flexibility index (Phi) is 10.8. The number of aliphatic hydroxyl groups is 2. The number of anilines is 1. The van der Waals surface area contributed by atoms with E-state index in [0.717, 1.165) is 52.9 Å². The number of hydrogen-bond acceptors (Lipinski definition) is 11. The standard InChI is InChI=1S/C54H67N4O9/c1-9-51-22-16-24-57-25-23-52(45(51)57)39-27-40(43(64-6)28-42(39)56(5)46(52)54(63,49(61)66-8)47(51)67-34(3)59)53(48(60)65-7)30-35-29-50(4,62)32-58(31-35,33(2)36-17-11-10-12-18-36)26-15-20-38-37-19-13-14-21-41(37)55-44(38)53/h10-14,16-19,21-22,27-28,33,35,45-47,55,62-63H,9,15,20,23-26,29-32H2,1-8H3/q+1/t33?,35-,45+,46-,47-,50+,51-,52-,53+,54+,58?/m1/s1. The molecule has 3 fully saturated rings. The van der Waals surface area contributed by atoms with Crippen LogP contribution in [0.25, 0.3) is 10.9 Å². The summed E-state index contributed by atoms with van der Waals surface area (Å²) in [5, 5.41) is 27.0. The maximum absolute atomic E-state index is 15.8. The molecule has 10 rings (SSSR count). The topological polar surface area (TPSA) is 151 Å². The van der Waals surface area contributed by atoms with Gasteiger partial charge in [0.2, 0.25) is 5.60 Å². The van der Waals surface area contributed by atoms with Crippen LogP contribution < -0.4 is 9.64 Å². The molecule has 3 N–H and O–H groups in total. The highest BCUT2D eigenvalue weighted by atomic mass is 16.6. The van der Waals surface area contributed by atoms with Crippen LogP contribution in [0.3, 0.4) is 0 Å². The van der Waals surface area contributed by atoms with Crippen LogP contribution in [-0.2, 0) is 45.8 Å². The molecule has 13 nitrogen and oxygen atoms in total. The molecule has 6 aliphatic rings. The lowest BCUT2D eigenvalue weighted by Gasteiger charge is -2.63. The van der Waals surface area contributed by atoms with Crippen LogP contribution in [0.5, 0.6) is 5.75 Å². The smallest absolute Gasteiger partial charge is 0.344 e. The maximum Gasteiger partial charge on any atom is 0.344 e. The van der Waals surface area contributed by atoms with Gasteiger partial charge in [0, 0.05) is 89.2 Å². The zero-order valence-electron chi connectivity index (χ0n) is 40.3. The van der Waals surface area contributed by atoms with Gasteiger partial charge in [0.05, 0.1) is 40.5 Å². The Morgan fingerprint density at radius 3 is 2.39 bits per heavy atom. The maximum atomic E-state index is 15.8. The molecule has 11 atom stereocenters. The number of methoxy groups -OCH3 is 3. The predicted molar refractivity (Wildman–Crippen MR) is 254 cm³/mol. The van der Waals surface area contributed by atoms with Gasteiger partial charge < -0.3 is 43.5 Å². The summed E-state index contributed by atoms with van der Waals surface area (Å²) in [6, 6.07) is 21.7. The lowest BCUT2D eigenvalue weighted by atomic mass is 9.47. The number of H-pyrrole nitrogens is 1.